The number of rotatable bonds is 0. The second kappa shape index (κ2) is 37.1. The van der Waals surface area contributed by atoms with Crippen LogP contribution in [0.5, 0.6) is 0 Å². The van der Waals surface area contributed by atoms with Crippen molar-refractivity contribution in [3.63, 3.8) is 0 Å². The zero-order valence-electron chi connectivity index (χ0n) is 1.17. The minimum atomic E-state index is 0. The third kappa shape index (κ3) is 12.2. The van der Waals surface area contributed by atoms with Crippen molar-refractivity contribution in [2.45, 2.75) is 7.43 Å². The summed E-state index contributed by atoms with van der Waals surface area (Å²) in [4.78, 5) is 0. The van der Waals surface area contributed by atoms with Crippen LogP contribution in [0.15, 0.2) is 0 Å². The average Bonchev–Trinajstić information content (AvgIpc) is 0. The standard InChI is InChI=1S/CH4.2Co.H2O/h1H4;;;1H2. The third-order valence-electron chi connectivity index (χ3n) is 0. The van der Waals surface area contributed by atoms with Gasteiger partial charge >= 0.3 is 0 Å². The van der Waals surface area contributed by atoms with Crippen molar-refractivity contribution in [3.8, 4) is 0 Å². The van der Waals surface area contributed by atoms with Gasteiger partial charge in [0.2, 0.25) is 0 Å². The van der Waals surface area contributed by atoms with Crippen molar-refractivity contribution in [2.75, 3.05) is 0 Å². The molecule has 4 heavy (non-hydrogen) atoms. The minimum absolute atomic E-state index is 0. The van der Waals surface area contributed by atoms with Crippen molar-refractivity contribution >= 4 is 0 Å². The molecule has 34 valence electrons. The Morgan fingerprint density at radius 3 is 0.750 bits per heavy atom. The van der Waals surface area contributed by atoms with Crippen LogP contribution in [0.1, 0.15) is 7.43 Å². The number of hydrogen-bond acceptors (Lipinski definition) is 0. The molecule has 0 spiro atoms. The van der Waals surface area contributed by atoms with Gasteiger partial charge in [0.05, 0.1) is 0 Å². The van der Waals surface area contributed by atoms with Crippen LogP contribution >= 0.6 is 0 Å². The molecule has 0 aliphatic heterocycles. The zero-order valence-corrected chi connectivity index (χ0v) is 3.25. The summed E-state index contributed by atoms with van der Waals surface area (Å²) in [6.07, 6.45) is 0. The van der Waals surface area contributed by atoms with E-state index in [1.54, 1.807) is 0 Å². The summed E-state index contributed by atoms with van der Waals surface area (Å²) < 4.78 is 0. The van der Waals surface area contributed by atoms with Gasteiger partial charge in [0, 0.05) is 33.6 Å². The van der Waals surface area contributed by atoms with E-state index in [9.17, 15) is 0 Å². The smallest absolute Gasteiger partial charge is 0 e. The molecule has 0 rings (SSSR count). The third-order valence-corrected chi connectivity index (χ3v) is 0. The molecular weight excluding hydrogens is 146 g/mol. The van der Waals surface area contributed by atoms with Crippen molar-refractivity contribution < 1.29 is 39.0 Å². The molecule has 0 aromatic rings. The molecule has 0 aliphatic rings. The maximum absolute atomic E-state index is 0. The Morgan fingerprint density at radius 2 is 0.750 bits per heavy atom. The van der Waals surface area contributed by atoms with Gasteiger partial charge in [-0.3, -0.25) is 0 Å². The van der Waals surface area contributed by atoms with Gasteiger partial charge in [-0.25, -0.2) is 0 Å². The Hall–Kier alpha value is 0.973. The van der Waals surface area contributed by atoms with Crippen LogP contribution in [0, 0.1) is 0 Å². The van der Waals surface area contributed by atoms with Crippen LogP contribution < -0.4 is 0 Å². The maximum Gasteiger partial charge on any atom is 0 e. The molecule has 2 radical (unpaired) electrons. The van der Waals surface area contributed by atoms with Crippen LogP contribution in [-0.4, -0.2) is 5.48 Å². The summed E-state index contributed by atoms with van der Waals surface area (Å²) in [5, 5.41) is 0. The summed E-state index contributed by atoms with van der Waals surface area (Å²) in [7, 11) is 0. The summed E-state index contributed by atoms with van der Waals surface area (Å²) in [6.45, 7) is 0. The molecule has 0 bridgehead atoms. The Kier molecular flexibility index (Phi) is 769. The summed E-state index contributed by atoms with van der Waals surface area (Å²) in [6, 6.07) is 0. The Labute approximate surface area is 46.9 Å². The topological polar surface area (TPSA) is 31.5 Å². The van der Waals surface area contributed by atoms with Crippen LogP contribution in [0.4, 0.5) is 0 Å². The Balaban J connectivity index is 0. The van der Waals surface area contributed by atoms with Crippen molar-refractivity contribution in [2.24, 2.45) is 0 Å². The molecule has 2 N–H and O–H groups in total. The second-order valence-electron chi connectivity index (χ2n) is 0. The van der Waals surface area contributed by atoms with Gasteiger partial charge in [0.25, 0.3) is 0 Å². The van der Waals surface area contributed by atoms with E-state index in [0.717, 1.165) is 0 Å². The fraction of sp³-hybridized carbons (Fsp3) is 1.00. The maximum atomic E-state index is 0. The van der Waals surface area contributed by atoms with Crippen molar-refractivity contribution in [1.82, 2.24) is 0 Å². The largest absolute Gasteiger partial charge is 0.412 e. The molecule has 0 fully saturated rings. The Morgan fingerprint density at radius 1 is 0.750 bits per heavy atom. The van der Waals surface area contributed by atoms with Gasteiger partial charge in [-0.2, -0.15) is 0 Å². The first-order valence-corrected chi connectivity index (χ1v) is 0. The summed E-state index contributed by atoms with van der Waals surface area (Å²) in [5.41, 5.74) is 0. The van der Waals surface area contributed by atoms with Gasteiger partial charge in [0.1, 0.15) is 0 Å². The normalized spacial score (nSPS) is 0. The first kappa shape index (κ1) is 82.9. The van der Waals surface area contributed by atoms with Crippen LogP contribution in [0.25, 0.3) is 0 Å². The van der Waals surface area contributed by atoms with Crippen molar-refractivity contribution in [1.29, 1.82) is 0 Å². The van der Waals surface area contributed by atoms with E-state index in [1.807, 2.05) is 0 Å². The van der Waals surface area contributed by atoms with Crippen LogP contribution in [-0.2, 0) is 33.6 Å². The van der Waals surface area contributed by atoms with Crippen LogP contribution in [0.2, 0.25) is 0 Å². The van der Waals surface area contributed by atoms with E-state index < -0.39 is 0 Å². The average molecular weight is 152 g/mol. The molecule has 0 heterocycles. The SMILES string of the molecule is C.O.[Co].[Co]. The summed E-state index contributed by atoms with van der Waals surface area (Å²) >= 11 is 0. The van der Waals surface area contributed by atoms with E-state index in [1.165, 1.54) is 0 Å². The molecule has 3 heteroatoms. The first-order valence-electron chi connectivity index (χ1n) is 0. The zero-order chi connectivity index (χ0) is 0. The Bertz CT molecular complexity index is 6.00. The van der Waals surface area contributed by atoms with Gasteiger partial charge in [0.15, 0.2) is 0 Å². The first-order chi connectivity index (χ1) is 0. The molecule has 0 aliphatic carbocycles. The fourth-order valence-electron chi connectivity index (χ4n) is 0. The van der Waals surface area contributed by atoms with Gasteiger partial charge in [-0.1, -0.05) is 7.43 Å². The van der Waals surface area contributed by atoms with E-state index in [-0.39, 0.29) is 46.5 Å². The van der Waals surface area contributed by atoms with Gasteiger partial charge in [-0.15, -0.1) is 0 Å². The minimum Gasteiger partial charge on any atom is -0.412 e. The monoisotopic (exact) mass is 152 g/mol. The molecule has 0 atom stereocenters. The molecule has 0 saturated carbocycles. The second-order valence-corrected chi connectivity index (χ2v) is 0. The molecule has 0 amide bonds. The molecule has 1 nitrogen and oxygen atoms in total. The van der Waals surface area contributed by atoms with E-state index in [4.69, 9.17) is 0 Å². The summed E-state index contributed by atoms with van der Waals surface area (Å²) in [5.74, 6) is 0. The molecule has 0 aromatic carbocycles. The molecule has 0 unspecified atom stereocenters. The van der Waals surface area contributed by atoms with E-state index in [2.05, 4.69) is 0 Å². The predicted octanol–water partition coefficient (Wildman–Crippen LogP) is -0.194. The fourth-order valence-corrected chi connectivity index (χ4v) is 0. The van der Waals surface area contributed by atoms with Crippen molar-refractivity contribution in [3.05, 3.63) is 0 Å². The van der Waals surface area contributed by atoms with Gasteiger partial charge < -0.3 is 5.48 Å². The van der Waals surface area contributed by atoms with Crippen LogP contribution in [0.3, 0.4) is 0 Å². The molecule has 0 saturated heterocycles. The quantitative estimate of drug-likeness (QED) is 0.460. The van der Waals surface area contributed by atoms with Gasteiger partial charge in [-0.05, 0) is 0 Å². The predicted molar refractivity (Wildman–Crippen MR) is 10.3 cm³/mol. The molecular formula is CH6Co2O. The molecule has 0 aromatic heterocycles. The van der Waals surface area contributed by atoms with E-state index >= 15 is 0 Å². The number of hydrogen-bond donors (Lipinski definition) is 0. The van der Waals surface area contributed by atoms with E-state index in [0.29, 0.717) is 0 Å².